The molecule has 150 valence electrons. The van der Waals surface area contributed by atoms with Gasteiger partial charge < -0.3 is 40.4 Å². The number of aliphatic hydroxyl groups is 4. The van der Waals surface area contributed by atoms with Gasteiger partial charge in [-0.15, -0.1) is 0 Å². The van der Waals surface area contributed by atoms with Gasteiger partial charge in [-0.25, -0.2) is 4.98 Å². The van der Waals surface area contributed by atoms with Gasteiger partial charge in [-0.2, -0.15) is 4.98 Å². The monoisotopic (exact) mass is 387 g/mol. The maximum Gasteiger partial charge on any atom is 0.280 e. The number of nitrogens with one attached hydrogen (secondary N) is 1. The Morgan fingerprint density at radius 2 is 2.04 bits per heavy atom. The summed E-state index contributed by atoms with van der Waals surface area (Å²) in [7, 11) is 0. The van der Waals surface area contributed by atoms with Crippen LogP contribution >= 0.6 is 0 Å². The van der Waals surface area contributed by atoms with Crippen molar-refractivity contribution in [2.45, 2.75) is 37.4 Å². The van der Waals surface area contributed by atoms with Crippen LogP contribution in [0.25, 0.3) is 11.2 Å². The first-order valence-corrected chi connectivity index (χ1v) is 8.13. The normalized spacial score (nSPS) is 28.7. The molecule has 5 atom stereocenters. The van der Waals surface area contributed by atoms with Gasteiger partial charge in [0.15, 0.2) is 17.5 Å². The van der Waals surface area contributed by atoms with Crippen LogP contribution in [0.2, 0.25) is 0 Å². The molecule has 0 bridgehead atoms. The highest BCUT2D eigenvalue weighted by Crippen LogP contribution is 2.21. The van der Waals surface area contributed by atoms with Gasteiger partial charge in [0.25, 0.3) is 5.56 Å². The highest BCUT2D eigenvalue weighted by Gasteiger charge is 2.43. The summed E-state index contributed by atoms with van der Waals surface area (Å²) in [4.78, 5) is 22.0. The first-order chi connectivity index (χ1) is 12.9. The molecule has 0 spiro atoms. The number of fused-ring (bicyclic) bond motifs is 1. The third kappa shape index (κ3) is 4.08. The van der Waals surface area contributed by atoms with E-state index in [1.165, 1.54) is 10.9 Å². The number of nitrogens with two attached hydrogens (primary N) is 1. The van der Waals surface area contributed by atoms with E-state index in [1.807, 2.05) is 0 Å². The summed E-state index contributed by atoms with van der Waals surface area (Å²) < 4.78 is 17.4. The van der Waals surface area contributed by atoms with Crippen LogP contribution in [0.1, 0.15) is 0 Å². The maximum atomic E-state index is 11.7. The van der Waals surface area contributed by atoms with E-state index in [-0.39, 0.29) is 37.1 Å². The zero-order valence-corrected chi connectivity index (χ0v) is 14.1. The molecule has 1 aliphatic heterocycles. The third-order valence-corrected chi connectivity index (χ3v) is 4.08. The number of nitrogens with zero attached hydrogens (tertiary/aromatic N) is 3. The molecular formula is C14H21N5O8. The van der Waals surface area contributed by atoms with Crippen molar-refractivity contribution in [1.82, 2.24) is 19.5 Å². The number of rotatable bonds is 7. The topological polar surface area (TPSA) is 198 Å². The van der Waals surface area contributed by atoms with Crippen LogP contribution in [0.5, 0.6) is 0 Å². The Morgan fingerprint density at radius 1 is 1.26 bits per heavy atom. The van der Waals surface area contributed by atoms with Crippen molar-refractivity contribution in [3.8, 4) is 0 Å². The van der Waals surface area contributed by atoms with Gasteiger partial charge in [0.05, 0.1) is 26.1 Å². The molecule has 0 aliphatic carbocycles. The van der Waals surface area contributed by atoms with Crippen LogP contribution in [0.4, 0.5) is 5.95 Å². The Hall–Kier alpha value is -2.13. The van der Waals surface area contributed by atoms with Crippen molar-refractivity contribution in [2.75, 3.05) is 25.6 Å². The van der Waals surface area contributed by atoms with Crippen LogP contribution in [0.3, 0.4) is 0 Å². The van der Waals surface area contributed by atoms with E-state index in [0.29, 0.717) is 0 Å². The van der Waals surface area contributed by atoms with Gasteiger partial charge in [-0.3, -0.25) is 14.3 Å². The molecule has 0 unspecified atom stereocenters. The summed E-state index contributed by atoms with van der Waals surface area (Å²) in [6, 6.07) is 0. The van der Waals surface area contributed by atoms with Gasteiger partial charge in [0.1, 0.15) is 31.1 Å². The second kappa shape index (κ2) is 8.26. The van der Waals surface area contributed by atoms with Crippen molar-refractivity contribution in [3.63, 3.8) is 0 Å². The lowest BCUT2D eigenvalue weighted by Crippen LogP contribution is -2.59. The average molecular weight is 387 g/mol. The van der Waals surface area contributed by atoms with E-state index in [1.54, 1.807) is 0 Å². The van der Waals surface area contributed by atoms with E-state index >= 15 is 0 Å². The van der Waals surface area contributed by atoms with Crippen LogP contribution in [0.15, 0.2) is 11.1 Å². The zero-order chi connectivity index (χ0) is 19.6. The SMILES string of the molecule is Nc1nc2c(ncn2COCCO[C@@H]2O[C@H](CO)[C@@H](O)[C@H](O)[C@H]2O)c(=O)[nH]1. The number of H-pyrrole nitrogens is 1. The van der Waals surface area contributed by atoms with Crippen molar-refractivity contribution in [3.05, 3.63) is 16.7 Å². The maximum absolute atomic E-state index is 11.7. The van der Waals surface area contributed by atoms with E-state index in [4.69, 9.17) is 25.1 Å². The highest BCUT2D eigenvalue weighted by molar-refractivity contribution is 5.70. The summed E-state index contributed by atoms with van der Waals surface area (Å²) in [5, 5.41) is 38.3. The molecule has 13 heteroatoms. The van der Waals surface area contributed by atoms with Gasteiger partial charge in [0, 0.05) is 0 Å². The Bertz CT molecular complexity index is 823. The minimum Gasteiger partial charge on any atom is -0.394 e. The van der Waals surface area contributed by atoms with Crippen molar-refractivity contribution < 1.29 is 34.6 Å². The van der Waals surface area contributed by atoms with Gasteiger partial charge in [-0.05, 0) is 0 Å². The molecule has 3 heterocycles. The molecule has 0 amide bonds. The molecule has 3 rings (SSSR count). The molecule has 13 nitrogen and oxygen atoms in total. The highest BCUT2D eigenvalue weighted by atomic mass is 16.7. The number of aliphatic hydroxyl groups excluding tert-OH is 4. The number of ether oxygens (including phenoxy) is 3. The fourth-order valence-electron chi connectivity index (χ4n) is 2.66. The molecule has 0 saturated carbocycles. The fraction of sp³-hybridized carbons (Fsp3) is 0.643. The van der Waals surface area contributed by atoms with E-state index < -0.39 is 42.9 Å². The van der Waals surface area contributed by atoms with Crippen LogP contribution < -0.4 is 11.3 Å². The summed E-state index contributed by atoms with van der Waals surface area (Å²) in [6.07, 6.45) is -5.31. The minimum atomic E-state index is -1.51. The number of imidazole rings is 1. The summed E-state index contributed by atoms with van der Waals surface area (Å²) >= 11 is 0. The largest absolute Gasteiger partial charge is 0.394 e. The number of hydrogen-bond donors (Lipinski definition) is 6. The molecular weight excluding hydrogens is 366 g/mol. The third-order valence-electron chi connectivity index (χ3n) is 4.08. The molecule has 7 N–H and O–H groups in total. The van der Waals surface area contributed by atoms with Gasteiger partial charge in [0.2, 0.25) is 5.95 Å². The molecule has 2 aromatic heterocycles. The standard InChI is InChI=1S/C14H21N5O8/c15-14-17-11-7(12(24)18-14)16-4-19(11)5-25-1-2-26-13-10(23)9(22)8(21)6(3-20)27-13/h4,6,8-10,13,20-23H,1-3,5H2,(H3,15,17,18,24)/t6-,8-,9+,10-,13-/m1/s1. The molecule has 1 aliphatic rings. The molecule has 1 fully saturated rings. The fourth-order valence-corrected chi connectivity index (χ4v) is 2.66. The van der Waals surface area contributed by atoms with Crippen molar-refractivity contribution >= 4 is 17.1 Å². The van der Waals surface area contributed by atoms with E-state index in [9.17, 15) is 20.1 Å². The van der Waals surface area contributed by atoms with Crippen LogP contribution in [0, 0.1) is 0 Å². The molecule has 0 radical (unpaired) electrons. The lowest BCUT2D eigenvalue weighted by Gasteiger charge is -2.39. The predicted molar refractivity (Wildman–Crippen MR) is 88.2 cm³/mol. The first kappa shape index (κ1) is 19.6. The molecule has 27 heavy (non-hydrogen) atoms. The zero-order valence-electron chi connectivity index (χ0n) is 14.1. The Labute approximate surface area is 151 Å². The lowest BCUT2D eigenvalue weighted by molar-refractivity contribution is -0.302. The second-order valence-corrected chi connectivity index (χ2v) is 5.94. The molecule has 2 aromatic rings. The number of nitrogen functional groups attached to an aromatic ring is 1. The summed E-state index contributed by atoms with van der Waals surface area (Å²) in [6.45, 7) is -0.451. The van der Waals surface area contributed by atoms with E-state index in [2.05, 4.69) is 15.0 Å². The van der Waals surface area contributed by atoms with Crippen LogP contribution in [-0.2, 0) is 20.9 Å². The molecule has 0 aromatic carbocycles. The number of aromatic amines is 1. The first-order valence-electron chi connectivity index (χ1n) is 8.13. The van der Waals surface area contributed by atoms with Gasteiger partial charge in [-0.1, -0.05) is 0 Å². The average Bonchev–Trinajstić information content (AvgIpc) is 3.04. The summed E-state index contributed by atoms with van der Waals surface area (Å²) in [5.41, 5.74) is 5.45. The Balaban J connectivity index is 1.49. The minimum absolute atomic E-state index is 0.00846. The quantitative estimate of drug-likeness (QED) is 0.258. The number of anilines is 1. The number of aromatic nitrogens is 4. The Kier molecular flexibility index (Phi) is 6.01. The van der Waals surface area contributed by atoms with Crippen molar-refractivity contribution in [1.29, 1.82) is 0 Å². The Morgan fingerprint density at radius 3 is 2.78 bits per heavy atom. The van der Waals surface area contributed by atoms with Crippen LogP contribution in [-0.4, -0.2) is 90.5 Å². The lowest BCUT2D eigenvalue weighted by atomic mass is 9.99. The smallest absolute Gasteiger partial charge is 0.280 e. The van der Waals surface area contributed by atoms with E-state index in [0.717, 1.165) is 0 Å². The number of hydrogen-bond acceptors (Lipinski definition) is 11. The summed E-state index contributed by atoms with van der Waals surface area (Å²) in [5.74, 6) is -0.0415. The molecule has 1 saturated heterocycles. The van der Waals surface area contributed by atoms with Gasteiger partial charge >= 0.3 is 0 Å². The second-order valence-electron chi connectivity index (χ2n) is 5.94. The predicted octanol–water partition coefficient (Wildman–Crippen LogP) is -3.51. The van der Waals surface area contributed by atoms with Crippen molar-refractivity contribution in [2.24, 2.45) is 0 Å².